The fourth-order valence-corrected chi connectivity index (χ4v) is 3.17. The van der Waals surface area contributed by atoms with E-state index in [4.69, 9.17) is 0 Å². The van der Waals surface area contributed by atoms with E-state index in [-0.39, 0.29) is 11.8 Å². The van der Waals surface area contributed by atoms with E-state index in [0.29, 0.717) is 12.2 Å². The monoisotopic (exact) mass is 341 g/mol. The summed E-state index contributed by atoms with van der Waals surface area (Å²) in [5.41, 5.74) is 2.94. The zero-order valence-corrected chi connectivity index (χ0v) is 14.5. The van der Waals surface area contributed by atoms with Crippen molar-refractivity contribution in [3.05, 3.63) is 59.9 Å². The van der Waals surface area contributed by atoms with Crippen LogP contribution in [0, 0.1) is 5.82 Å². The van der Waals surface area contributed by atoms with Crippen LogP contribution in [0.25, 0.3) is 0 Å². The Morgan fingerprint density at radius 2 is 1.76 bits per heavy atom. The number of anilines is 2. The van der Waals surface area contributed by atoms with Crippen molar-refractivity contribution in [2.24, 2.45) is 0 Å². The predicted molar refractivity (Wildman–Crippen MR) is 99.4 cm³/mol. The molecule has 0 spiro atoms. The minimum atomic E-state index is -0.318. The second-order valence-electron chi connectivity index (χ2n) is 6.47. The summed E-state index contributed by atoms with van der Waals surface area (Å²) in [5, 5.41) is 2.79. The van der Waals surface area contributed by atoms with Crippen LogP contribution in [-0.4, -0.2) is 31.1 Å². The van der Waals surface area contributed by atoms with Crippen LogP contribution in [0.1, 0.15) is 24.8 Å². The number of benzene rings is 2. The second-order valence-corrected chi connectivity index (χ2v) is 6.47. The number of piperidine rings is 1. The molecule has 3 rings (SSSR count). The first kappa shape index (κ1) is 17.3. The lowest BCUT2D eigenvalue weighted by molar-refractivity contribution is 0.220. The van der Waals surface area contributed by atoms with Crippen LogP contribution in [0.5, 0.6) is 0 Å². The lowest BCUT2D eigenvalue weighted by atomic mass is 10.1. The molecule has 0 atom stereocenters. The zero-order valence-electron chi connectivity index (χ0n) is 14.5. The van der Waals surface area contributed by atoms with Crippen LogP contribution in [0.4, 0.5) is 20.6 Å². The first-order chi connectivity index (χ1) is 12.1. The van der Waals surface area contributed by atoms with Crippen LogP contribution in [0.2, 0.25) is 0 Å². The van der Waals surface area contributed by atoms with Gasteiger partial charge in [0.1, 0.15) is 5.82 Å². The van der Waals surface area contributed by atoms with Gasteiger partial charge >= 0.3 is 6.03 Å². The van der Waals surface area contributed by atoms with Crippen molar-refractivity contribution < 1.29 is 9.18 Å². The first-order valence-corrected chi connectivity index (χ1v) is 8.74. The highest BCUT2D eigenvalue weighted by Crippen LogP contribution is 2.25. The zero-order chi connectivity index (χ0) is 17.6. The lowest BCUT2D eigenvalue weighted by Crippen LogP contribution is -2.33. The van der Waals surface area contributed by atoms with E-state index in [1.54, 1.807) is 24.1 Å². The molecule has 0 unspecified atom stereocenters. The van der Waals surface area contributed by atoms with Crippen LogP contribution < -0.4 is 10.2 Å². The number of hydrogen-bond donors (Lipinski definition) is 1. The highest BCUT2D eigenvalue weighted by Gasteiger charge is 2.16. The Hall–Kier alpha value is -2.56. The van der Waals surface area contributed by atoms with Crippen LogP contribution in [-0.2, 0) is 6.54 Å². The summed E-state index contributed by atoms with van der Waals surface area (Å²) in [6.07, 6.45) is 3.73. The normalized spacial score (nSPS) is 14.2. The van der Waals surface area contributed by atoms with Gasteiger partial charge in [0.2, 0.25) is 0 Å². The molecule has 5 heteroatoms. The summed E-state index contributed by atoms with van der Waals surface area (Å²) >= 11 is 0. The standard InChI is InChI=1S/C20H24FN3O/c1-23(20(25)22-18-11-9-17(21)10-12-18)15-16-7-3-4-8-19(16)24-13-5-2-6-14-24/h3-4,7-12H,2,5-6,13-15H2,1H3,(H,22,25). The first-order valence-electron chi connectivity index (χ1n) is 8.74. The molecule has 1 fully saturated rings. The Balaban J connectivity index is 1.66. The highest BCUT2D eigenvalue weighted by atomic mass is 19.1. The minimum absolute atomic E-state index is 0.208. The quantitative estimate of drug-likeness (QED) is 0.890. The van der Waals surface area contributed by atoms with E-state index in [0.717, 1.165) is 18.7 Å². The molecule has 0 aliphatic carbocycles. The molecule has 1 aliphatic rings. The van der Waals surface area contributed by atoms with Crippen molar-refractivity contribution in [3.8, 4) is 0 Å². The van der Waals surface area contributed by atoms with Gasteiger partial charge in [-0.2, -0.15) is 0 Å². The summed E-state index contributed by atoms with van der Waals surface area (Å²) in [5.74, 6) is -0.318. The number of amides is 2. The molecule has 2 aromatic rings. The average molecular weight is 341 g/mol. The molecule has 1 saturated heterocycles. The maximum absolute atomic E-state index is 13.0. The average Bonchev–Trinajstić information content (AvgIpc) is 2.64. The molecule has 0 radical (unpaired) electrons. The third-order valence-corrected chi connectivity index (χ3v) is 4.54. The number of nitrogens with zero attached hydrogens (tertiary/aromatic N) is 2. The summed E-state index contributed by atoms with van der Waals surface area (Å²) in [7, 11) is 1.77. The van der Waals surface area contributed by atoms with Crippen LogP contribution >= 0.6 is 0 Å². The highest BCUT2D eigenvalue weighted by molar-refractivity contribution is 5.89. The largest absolute Gasteiger partial charge is 0.371 e. The molecule has 1 aliphatic heterocycles. The van der Waals surface area contributed by atoms with Gasteiger partial charge in [-0.15, -0.1) is 0 Å². The molecule has 2 amide bonds. The van der Waals surface area contributed by atoms with E-state index in [9.17, 15) is 9.18 Å². The lowest BCUT2D eigenvalue weighted by Gasteiger charge is -2.31. The Kier molecular flexibility index (Phi) is 5.53. The maximum atomic E-state index is 13.0. The number of nitrogens with one attached hydrogen (secondary N) is 1. The summed E-state index contributed by atoms with van der Waals surface area (Å²) < 4.78 is 13.0. The van der Waals surface area contributed by atoms with Crippen molar-refractivity contribution in [2.75, 3.05) is 30.4 Å². The fourth-order valence-electron chi connectivity index (χ4n) is 3.17. The number of carbonyl (C=O) groups excluding carboxylic acids is 1. The minimum Gasteiger partial charge on any atom is -0.371 e. The number of carbonyl (C=O) groups is 1. The van der Waals surface area contributed by atoms with Gasteiger partial charge < -0.3 is 15.1 Å². The third kappa shape index (κ3) is 4.50. The maximum Gasteiger partial charge on any atom is 0.321 e. The van der Waals surface area contributed by atoms with Gasteiger partial charge in [-0.05, 0) is 55.2 Å². The second kappa shape index (κ2) is 8.01. The molecule has 0 bridgehead atoms. The summed E-state index contributed by atoms with van der Waals surface area (Å²) in [6, 6.07) is 13.8. The van der Waals surface area contributed by atoms with Crippen molar-refractivity contribution in [2.45, 2.75) is 25.8 Å². The van der Waals surface area contributed by atoms with Gasteiger partial charge in [0.05, 0.1) is 0 Å². The summed E-state index contributed by atoms with van der Waals surface area (Å²) in [6.45, 7) is 2.67. The molecule has 0 aromatic heterocycles. The summed E-state index contributed by atoms with van der Waals surface area (Å²) in [4.78, 5) is 16.4. The molecule has 132 valence electrons. The topological polar surface area (TPSA) is 35.6 Å². The predicted octanol–water partition coefficient (Wildman–Crippen LogP) is 4.48. The van der Waals surface area contributed by atoms with E-state index in [1.807, 2.05) is 12.1 Å². The van der Waals surface area contributed by atoms with Gasteiger partial charge in [0.15, 0.2) is 0 Å². The molecular formula is C20H24FN3O. The molecule has 2 aromatic carbocycles. The molecule has 25 heavy (non-hydrogen) atoms. The Labute approximate surface area is 148 Å². The Morgan fingerprint density at radius 1 is 1.08 bits per heavy atom. The molecule has 1 N–H and O–H groups in total. The number of halogens is 1. The Morgan fingerprint density at radius 3 is 2.48 bits per heavy atom. The number of urea groups is 1. The molecule has 4 nitrogen and oxygen atoms in total. The van der Waals surface area contributed by atoms with Crippen LogP contribution in [0.15, 0.2) is 48.5 Å². The number of hydrogen-bond acceptors (Lipinski definition) is 2. The SMILES string of the molecule is CN(Cc1ccccc1N1CCCCC1)C(=O)Nc1ccc(F)cc1. The van der Waals surface area contributed by atoms with E-state index in [1.165, 1.54) is 37.1 Å². The smallest absolute Gasteiger partial charge is 0.321 e. The van der Waals surface area contributed by atoms with Gasteiger partial charge in [-0.25, -0.2) is 9.18 Å². The molecule has 0 saturated carbocycles. The van der Waals surface area contributed by atoms with Gasteiger partial charge in [0.25, 0.3) is 0 Å². The van der Waals surface area contributed by atoms with E-state index >= 15 is 0 Å². The van der Waals surface area contributed by atoms with Crippen LogP contribution in [0.3, 0.4) is 0 Å². The van der Waals surface area contributed by atoms with Crippen molar-refractivity contribution in [1.82, 2.24) is 4.90 Å². The fraction of sp³-hybridized carbons (Fsp3) is 0.350. The molecule has 1 heterocycles. The Bertz CT molecular complexity index is 711. The molecular weight excluding hydrogens is 317 g/mol. The van der Waals surface area contributed by atoms with Gasteiger partial charge in [-0.1, -0.05) is 18.2 Å². The van der Waals surface area contributed by atoms with Crippen molar-refractivity contribution >= 4 is 17.4 Å². The van der Waals surface area contributed by atoms with E-state index in [2.05, 4.69) is 22.3 Å². The number of para-hydroxylation sites is 1. The van der Waals surface area contributed by atoms with Crippen molar-refractivity contribution in [1.29, 1.82) is 0 Å². The third-order valence-electron chi connectivity index (χ3n) is 4.54. The van der Waals surface area contributed by atoms with Gasteiger partial charge in [0, 0.05) is 38.1 Å². The van der Waals surface area contributed by atoms with E-state index < -0.39 is 0 Å². The van der Waals surface area contributed by atoms with Crippen molar-refractivity contribution in [3.63, 3.8) is 0 Å². The van der Waals surface area contributed by atoms with Gasteiger partial charge in [-0.3, -0.25) is 0 Å². The number of rotatable bonds is 4.